The molecule has 0 fully saturated rings. The average Bonchev–Trinajstić information content (AvgIpc) is 1.68. The van der Waals surface area contributed by atoms with Gasteiger partial charge in [0.25, 0.3) is 0 Å². The zero-order valence-corrected chi connectivity index (χ0v) is 5.81. The van der Waals surface area contributed by atoms with E-state index < -0.39 is 0 Å². The molecule has 0 heterocycles. The maximum atomic E-state index is 3.86. The summed E-state index contributed by atoms with van der Waals surface area (Å²) in [7, 11) is 1.78. The smallest absolute Gasteiger partial charge is 0.0277 e. The van der Waals surface area contributed by atoms with Gasteiger partial charge in [-0.25, -0.2) is 0 Å². The lowest BCUT2D eigenvalue weighted by Gasteiger charge is -1.84. The van der Waals surface area contributed by atoms with E-state index in [0.717, 1.165) is 6.42 Å². The minimum atomic E-state index is 1.10. The van der Waals surface area contributed by atoms with Gasteiger partial charge in [-0.15, -0.1) is 0 Å². The molecule has 8 heavy (non-hydrogen) atoms. The van der Waals surface area contributed by atoms with Crippen LogP contribution < -0.4 is 0 Å². The van der Waals surface area contributed by atoms with Crippen LogP contribution in [-0.4, -0.2) is 13.3 Å². The van der Waals surface area contributed by atoms with Crippen LogP contribution in [-0.2, 0) is 0 Å². The monoisotopic (exact) mass is 111 g/mol. The van der Waals surface area contributed by atoms with Crippen molar-refractivity contribution in [1.82, 2.24) is 0 Å². The summed E-state index contributed by atoms with van der Waals surface area (Å²) in [5.41, 5.74) is 1.25. The van der Waals surface area contributed by atoms with E-state index in [1.807, 2.05) is 6.21 Å². The molecule has 0 unspecified atom stereocenters. The summed E-state index contributed by atoms with van der Waals surface area (Å²) < 4.78 is 0. The second kappa shape index (κ2) is 4.57. The van der Waals surface area contributed by atoms with E-state index in [1.165, 1.54) is 5.57 Å². The molecule has 1 heteroatoms. The van der Waals surface area contributed by atoms with Crippen LogP contribution in [0.4, 0.5) is 0 Å². The summed E-state index contributed by atoms with van der Waals surface area (Å²) in [4.78, 5) is 3.86. The van der Waals surface area contributed by atoms with Crippen molar-refractivity contribution in [1.29, 1.82) is 0 Å². The third-order valence-corrected chi connectivity index (χ3v) is 0.859. The van der Waals surface area contributed by atoms with E-state index in [-0.39, 0.29) is 0 Å². The zero-order valence-electron chi connectivity index (χ0n) is 5.81. The van der Waals surface area contributed by atoms with Crippen molar-refractivity contribution < 1.29 is 0 Å². The molecule has 0 atom stereocenters. The Morgan fingerprint density at radius 1 is 1.62 bits per heavy atom. The van der Waals surface area contributed by atoms with Gasteiger partial charge >= 0.3 is 0 Å². The van der Waals surface area contributed by atoms with E-state index in [9.17, 15) is 0 Å². The van der Waals surface area contributed by atoms with Gasteiger partial charge in [-0.2, -0.15) is 0 Å². The molecule has 0 saturated heterocycles. The average molecular weight is 111 g/mol. The quantitative estimate of drug-likeness (QED) is 0.483. The molecule has 0 aromatic carbocycles. The molecular formula is C7H13N. The molecule has 0 bridgehead atoms. The van der Waals surface area contributed by atoms with Crippen LogP contribution in [0.15, 0.2) is 16.6 Å². The van der Waals surface area contributed by atoms with Crippen LogP contribution >= 0.6 is 0 Å². The van der Waals surface area contributed by atoms with Crippen molar-refractivity contribution in [2.24, 2.45) is 4.99 Å². The second-order valence-electron chi connectivity index (χ2n) is 1.74. The van der Waals surface area contributed by atoms with Crippen LogP contribution in [0, 0.1) is 0 Å². The number of hydrogen-bond acceptors (Lipinski definition) is 1. The third kappa shape index (κ3) is 3.59. The lowest BCUT2D eigenvalue weighted by molar-refractivity contribution is 1.20. The highest BCUT2D eigenvalue weighted by Gasteiger charge is 1.75. The normalized spacial score (nSPS) is 13.1. The van der Waals surface area contributed by atoms with Gasteiger partial charge in [0.05, 0.1) is 0 Å². The molecule has 0 aromatic rings. The molecule has 0 aliphatic rings. The number of aliphatic imine (C=N–C) groups is 1. The van der Waals surface area contributed by atoms with E-state index in [1.54, 1.807) is 7.05 Å². The summed E-state index contributed by atoms with van der Waals surface area (Å²) in [5.74, 6) is 0. The zero-order chi connectivity index (χ0) is 6.41. The van der Waals surface area contributed by atoms with Crippen LogP contribution in [0.25, 0.3) is 0 Å². The van der Waals surface area contributed by atoms with Gasteiger partial charge in [0.15, 0.2) is 0 Å². The van der Waals surface area contributed by atoms with Gasteiger partial charge in [-0.3, -0.25) is 4.99 Å². The first kappa shape index (κ1) is 7.41. The van der Waals surface area contributed by atoms with Crippen molar-refractivity contribution in [3.8, 4) is 0 Å². The fourth-order valence-electron chi connectivity index (χ4n) is 0.578. The fourth-order valence-corrected chi connectivity index (χ4v) is 0.578. The lowest BCUT2D eigenvalue weighted by Crippen LogP contribution is -1.74. The Hall–Kier alpha value is -0.590. The van der Waals surface area contributed by atoms with Gasteiger partial charge in [0.1, 0.15) is 0 Å². The van der Waals surface area contributed by atoms with Crippen LogP contribution in [0.5, 0.6) is 0 Å². The lowest BCUT2D eigenvalue weighted by atomic mass is 10.3. The first-order valence-corrected chi connectivity index (χ1v) is 2.90. The summed E-state index contributed by atoms with van der Waals surface area (Å²) in [6.45, 7) is 4.17. The second-order valence-corrected chi connectivity index (χ2v) is 1.74. The molecule has 0 spiro atoms. The van der Waals surface area contributed by atoms with Gasteiger partial charge in [-0.05, 0) is 18.9 Å². The standard InChI is InChI=1S/C7H13N/c1-4-5-7(2)6-8-3/h5-6H,4H2,1-3H3/b7-5+,8-6-. The Kier molecular flexibility index (Phi) is 4.23. The highest BCUT2D eigenvalue weighted by atomic mass is 14.6. The number of rotatable bonds is 2. The minimum absolute atomic E-state index is 1.10. The number of allylic oxidation sites excluding steroid dienone is 2. The molecule has 0 rings (SSSR count). The number of hydrogen-bond donors (Lipinski definition) is 0. The molecule has 0 amide bonds. The predicted molar refractivity (Wildman–Crippen MR) is 38.5 cm³/mol. The van der Waals surface area contributed by atoms with E-state index in [2.05, 4.69) is 24.9 Å². The summed E-state index contributed by atoms with van der Waals surface area (Å²) in [5, 5.41) is 0. The molecule has 46 valence electrons. The molecule has 0 aromatic heterocycles. The highest BCUT2D eigenvalue weighted by Crippen LogP contribution is 1.88. The van der Waals surface area contributed by atoms with E-state index in [4.69, 9.17) is 0 Å². The minimum Gasteiger partial charge on any atom is -0.296 e. The van der Waals surface area contributed by atoms with Crippen LogP contribution in [0.3, 0.4) is 0 Å². The molecule has 1 nitrogen and oxygen atoms in total. The van der Waals surface area contributed by atoms with E-state index >= 15 is 0 Å². The van der Waals surface area contributed by atoms with Gasteiger partial charge < -0.3 is 0 Å². The molecule has 0 radical (unpaired) electrons. The molecule has 0 aliphatic carbocycles. The van der Waals surface area contributed by atoms with E-state index in [0.29, 0.717) is 0 Å². The highest BCUT2D eigenvalue weighted by molar-refractivity contribution is 5.77. The Bertz CT molecular complexity index is 101. The Morgan fingerprint density at radius 3 is 2.62 bits per heavy atom. The van der Waals surface area contributed by atoms with Crippen molar-refractivity contribution in [2.45, 2.75) is 20.3 Å². The Labute approximate surface area is 51.1 Å². The van der Waals surface area contributed by atoms with Gasteiger partial charge in [0.2, 0.25) is 0 Å². The molecule has 0 saturated carbocycles. The van der Waals surface area contributed by atoms with Crippen molar-refractivity contribution in [3.05, 3.63) is 11.6 Å². The first-order valence-electron chi connectivity index (χ1n) is 2.90. The summed E-state index contributed by atoms with van der Waals surface area (Å²) in [6.07, 6.45) is 5.11. The molecule has 0 N–H and O–H groups in total. The summed E-state index contributed by atoms with van der Waals surface area (Å²) >= 11 is 0. The van der Waals surface area contributed by atoms with Crippen molar-refractivity contribution in [3.63, 3.8) is 0 Å². The van der Waals surface area contributed by atoms with Gasteiger partial charge in [-0.1, -0.05) is 13.0 Å². The largest absolute Gasteiger partial charge is 0.296 e. The van der Waals surface area contributed by atoms with Crippen LogP contribution in [0.1, 0.15) is 20.3 Å². The Balaban J connectivity index is 3.61. The molecular weight excluding hydrogens is 98.1 g/mol. The SMILES string of the molecule is CC/C=C(C)/C=N\C. The predicted octanol–water partition coefficient (Wildman–Crippen LogP) is 2.04. The van der Waals surface area contributed by atoms with Gasteiger partial charge in [0, 0.05) is 13.3 Å². The van der Waals surface area contributed by atoms with Crippen molar-refractivity contribution in [2.75, 3.05) is 7.05 Å². The maximum absolute atomic E-state index is 3.86. The third-order valence-electron chi connectivity index (χ3n) is 0.859. The van der Waals surface area contributed by atoms with Crippen molar-refractivity contribution >= 4 is 6.21 Å². The number of nitrogens with zero attached hydrogens (tertiary/aromatic N) is 1. The topological polar surface area (TPSA) is 12.4 Å². The van der Waals surface area contributed by atoms with Crippen LogP contribution in [0.2, 0.25) is 0 Å². The first-order chi connectivity index (χ1) is 3.81. The Morgan fingerprint density at radius 2 is 2.25 bits per heavy atom. The maximum Gasteiger partial charge on any atom is 0.0277 e. The molecule has 0 aliphatic heterocycles. The summed E-state index contributed by atoms with van der Waals surface area (Å²) in [6, 6.07) is 0. The fraction of sp³-hybridized carbons (Fsp3) is 0.571.